The second kappa shape index (κ2) is 6.73. The third kappa shape index (κ3) is 4.03. The smallest absolute Gasteiger partial charge is 0.406 e. The van der Waals surface area contributed by atoms with Crippen LogP contribution in [0.2, 0.25) is 0 Å². The Kier molecular flexibility index (Phi) is 5.16. The van der Waals surface area contributed by atoms with E-state index >= 15 is 0 Å². The Balaban J connectivity index is 2.26. The number of amides is 1. The summed E-state index contributed by atoms with van der Waals surface area (Å²) in [6.45, 7) is 3.07. The second-order valence-corrected chi connectivity index (χ2v) is 5.78. The largest absolute Gasteiger partial charge is 0.459 e. The topological polar surface area (TPSA) is 42.7 Å². The average Bonchev–Trinajstić information content (AvgIpc) is 2.93. The van der Waals surface area contributed by atoms with Crippen molar-refractivity contribution in [1.29, 1.82) is 0 Å². The summed E-state index contributed by atoms with van der Waals surface area (Å²) in [4.78, 5) is 13.4. The molecule has 2 heterocycles. The number of alkyl halides is 3. The number of rotatable bonds is 4. The number of ether oxygens (including phenoxy) is 1. The van der Waals surface area contributed by atoms with Gasteiger partial charge in [-0.15, -0.1) is 0 Å². The summed E-state index contributed by atoms with van der Waals surface area (Å²) in [7, 11) is 0. The molecule has 7 heteroatoms. The minimum Gasteiger partial charge on any atom is -0.459 e. The van der Waals surface area contributed by atoms with E-state index in [4.69, 9.17) is 9.15 Å². The maximum Gasteiger partial charge on any atom is 0.406 e. The summed E-state index contributed by atoms with van der Waals surface area (Å²) in [6.07, 6.45) is -1.98. The van der Waals surface area contributed by atoms with Crippen LogP contribution in [0.25, 0.3) is 0 Å². The number of furan rings is 1. The van der Waals surface area contributed by atoms with Gasteiger partial charge in [-0.2, -0.15) is 13.2 Å². The van der Waals surface area contributed by atoms with Gasteiger partial charge in [-0.25, -0.2) is 0 Å². The number of carbonyl (C=O) groups is 1. The van der Waals surface area contributed by atoms with E-state index in [9.17, 15) is 18.0 Å². The highest BCUT2D eigenvalue weighted by Crippen LogP contribution is 2.27. The van der Waals surface area contributed by atoms with E-state index in [1.54, 1.807) is 6.07 Å². The predicted octanol–water partition coefficient (Wildman–Crippen LogP) is 3.59. The van der Waals surface area contributed by atoms with E-state index in [1.165, 1.54) is 6.26 Å². The maximum atomic E-state index is 12.9. The molecule has 1 aromatic rings. The molecule has 0 radical (unpaired) electrons. The minimum absolute atomic E-state index is 0.00644. The highest BCUT2D eigenvalue weighted by atomic mass is 19.4. The first kappa shape index (κ1) is 16.9. The Hall–Kier alpha value is -1.50. The molecule has 1 atom stereocenters. The van der Waals surface area contributed by atoms with Crippen LogP contribution in [0, 0.1) is 0 Å². The standard InChI is InChI=1S/C15H20F3NO3/c1-10(2)12-5-7-22-13(12)14(20)19(9-15(16,17)18)11-4-3-6-21-8-11/h5,7,10-11H,3-4,6,8-9H2,1-2H3/t11-/m0/s1. The Bertz CT molecular complexity index is 504. The van der Waals surface area contributed by atoms with Gasteiger partial charge in [-0.3, -0.25) is 4.79 Å². The molecular formula is C15H20F3NO3. The Labute approximate surface area is 127 Å². The fourth-order valence-electron chi connectivity index (χ4n) is 2.61. The van der Waals surface area contributed by atoms with Crippen molar-refractivity contribution in [2.75, 3.05) is 19.8 Å². The summed E-state index contributed by atoms with van der Waals surface area (Å²) in [5.41, 5.74) is 0.619. The number of hydrogen-bond acceptors (Lipinski definition) is 3. The Morgan fingerprint density at radius 2 is 2.18 bits per heavy atom. The molecule has 0 aliphatic carbocycles. The lowest BCUT2D eigenvalue weighted by molar-refractivity contribution is -0.149. The first-order valence-corrected chi connectivity index (χ1v) is 7.32. The first-order valence-electron chi connectivity index (χ1n) is 7.32. The molecule has 0 bridgehead atoms. The van der Waals surface area contributed by atoms with Crippen LogP contribution >= 0.6 is 0 Å². The normalized spacial score (nSPS) is 19.5. The molecule has 1 aliphatic heterocycles. The fraction of sp³-hybridized carbons (Fsp3) is 0.667. The molecule has 1 fully saturated rings. The SMILES string of the molecule is CC(C)c1ccoc1C(=O)N(CC(F)(F)F)[C@H]1CCCOC1. The fourth-order valence-corrected chi connectivity index (χ4v) is 2.61. The second-order valence-electron chi connectivity index (χ2n) is 5.78. The molecule has 2 rings (SSSR count). The van der Waals surface area contributed by atoms with E-state index in [0.29, 0.717) is 25.0 Å². The predicted molar refractivity (Wildman–Crippen MR) is 73.7 cm³/mol. The lowest BCUT2D eigenvalue weighted by atomic mass is 10.0. The van der Waals surface area contributed by atoms with Crippen molar-refractivity contribution in [1.82, 2.24) is 4.90 Å². The van der Waals surface area contributed by atoms with Crippen molar-refractivity contribution >= 4 is 5.91 Å². The summed E-state index contributed by atoms with van der Waals surface area (Å²) < 4.78 is 49.0. The van der Waals surface area contributed by atoms with Crippen LogP contribution < -0.4 is 0 Å². The Morgan fingerprint density at radius 1 is 1.45 bits per heavy atom. The molecule has 1 aromatic heterocycles. The van der Waals surface area contributed by atoms with Crippen LogP contribution in [0.3, 0.4) is 0 Å². The summed E-state index contributed by atoms with van der Waals surface area (Å²) in [6, 6.07) is 1.05. The number of hydrogen-bond donors (Lipinski definition) is 0. The monoisotopic (exact) mass is 319 g/mol. The third-order valence-corrected chi connectivity index (χ3v) is 3.70. The van der Waals surface area contributed by atoms with Crippen molar-refractivity contribution in [3.63, 3.8) is 0 Å². The van der Waals surface area contributed by atoms with Gasteiger partial charge in [0.05, 0.1) is 18.9 Å². The van der Waals surface area contributed by atoms with E-state index in [1.807, 2.05) is 13.8 Å². The first-order chi connectivity index (χ1) is 10.3. The van der Waals surface area contributed by atoms with Crippen molar-refractivity contribution in [3.05, 3.63) is 23.7 Å². The number of halogens is 3. The molecule has 22 heavy (non-hydrogen) atoms. The molecule has 4 nitrogen and oxygen atoms in total. The molecule has 0 spiro atoms. The van der Waals surface area contributed by atoms with Gasteiger partial charge in [0.25, 0.3) is 5.91 Å². The zero-order valence-electron chi connectivity index (χ0n) is 12.7. The average molecular weight is 319 g/mol. The van der Waals surface area contributed by atoms with Gasteiger partial charge in [0.15, 0.2) is 5.76 Å². The van der Waals surface area contributed by atoms with Gasteiger partial charge in [0, 0.05) is 12.2 Å². The highest BCUT2D eigenvalue weighted by molar-refractivity contribution is 5.93. The van der Waals surface area contributed by atoms with E-state index < -0.39 is 24.7 Å². The molecule has 1 aliphatic rings. The maximum absolute atomic E-state index is 12.9. The van der Waals surface area contributed by atoms with Crippen LogP contribution in [-0.2, 0) is 4.74 Å². The van der Waals surface area contributed by atoms with Gasteiger partial charge in [-0.05, 0) is 24.8 Å². The van der Waals surface area contributed by atoms with Crippen LogP contribution in [0.4, 0.5) is 13.2 Å². The van der Waals surface area contributed by atoms with Crippen molar-refractivity contribution in [3.8, 4) is 0 Å². The van der Waals surface area contributed by atoms with Gasteiger partial charge >= 0.3 is 6.18 Å². The molecule has 0 aromatic carbocycles. The van der Waals surface area contributed by atoms with Gasteiger partial charge < -0.3 is 14.1 Å². The minimum atomic E-state index is -4.46. The van der Waals surface area contributed by atoms with Gasteiger partial charge in [-0.1, -0.05) is 13.8 Å². The molecule has 1 amide bonds. The molecule has 0 N–H and O–H groups in total. The van der Waals surface area contributed by atoms with Crippen molar-refractivity contribution in [2.24, 2.45) is 0 Å². The van der Waals surface area contributed by atoms with Crippen molar-refractivity contribution in [2.45, 2.75) is 44.8 Å². The molecular weight excluding hydrogens is 299 g/mol. The quantitative estimate of drug-likeness (QED) is 0.852. The lowest BCUT2D eigenvalue weighted by Gasteiger charge is -2.34. The van der Waals surface area contributed by atoms with Crippen molar-refractivity contribution < 1.29 is 27.1 Å². The Morgan fingerprint density at radius 3 is 2.73 bits per heavy atom. The van der Waals surface area contributed by atoms with E-state index in [0.717, 1.165) is 4.90 Å². The number of carbonyl (C=O) groups excluding carboxylic acids is 1. The molecule has 0 saturated carbocycles. The van der Waals surface area contributed by atoms with E-state index in [2.05, 4.69) is 0 Å². The zero-order valence-corrected chi connectivity index (χ0v) is 12.7. The number of nitrogens with zero attached hydrogens (tertiary/aromatic N) is 1. The zero-order chi connectivity index (χ0) is 16.3. The molecule has 1 saturated heterocycles. The van der Waals surface area contributed by atoms with Gasteiger partial charge in [0.1, 0.15) is 6.54 Å². The lowest BCUT2D eigenvalue weighted by Crippen LogP contribution is -2.49. The molecule has 0 unspecified atom stereocenters. The summed E-state index contributed by atoms with van der Waals surface area (Å²) >= 11 is 0. The summed E-state index contributed by atoms with van der Waals surface area (Å²) in [5, 5.41) is 0. The van der Waals surface area contributed by atoms with Crippen LogP contribution in [0.15, 0.2) is 16.7 Å². The van der Waals surface area contributed by atoms with Crippen LogP contribution in [0.1, 0.15) is 48.7 Å². The summed E-state index contributed by atoms with van der Waals surface area (Å²) in [5.74, 6) is -0.737. The van der Waals surface area contributed by atoms with Crippen LogP contribution in [-0.4, -0.2) is 42.8 Å². The molecule has 124 valence electrons. The highest BCUT2D eigenvalue weighted by Gasteiger charge is 2.39. The van der Waals surface area contributed by atoms with Crippen LogP contribution in [0.5, 0.6) is 0 Å². The third-order valence-electron chi connectivity index (χ3n) is 3.70. The van der Waals surface area contributed by atoms with Gasteiger partial charge in [0.2, 0.25) is 0 Å². The van der Waals surface area contributed by atoms with E-state index in [-0.39, 0.29) is 18.3 Å².